The van der Waals surface area contributed by atoms with Crippen LogP contribution in [0.3, 0.4) is 0 Å². The molecule has 0 aliphatic rings. The molecule has 1 aromatic carbocycles. The molecule has 0 saturated heterocycles. The van der Waals surface area contributed by atoms with Crippen molar-refractivity contribution < 1.29 is 13.5 Å². The van der Waals surface area contributed by atoms with Gasteiger partial charge in [-0.15, -0.1) is 0 Å². The Hall–Kier alpha value is -2.61. The molecular formula is C15H15F2N5O. The molecule has 1 N–H and O–H groups in total. The van der Waals surface area contributed by atoms with Crippen molar-refractivity contribution in [3.8, 4) is 0 Å². The van der Waals surface area contributed by atoms with Gasteiger partial charge in [-0.25, -0.2) is 13.8 Å². The first-order valence-corrected chi connectivity index (χ1v) is 7.04. The van der Waals surface area contributed by atoms with Gasteiger partial charge in [0.2, 0.25) is 0 Å². The minimum atomic E-state index is -0.582. The first-order valence-electron chi connectivity index (χ1n) is 7.04. The summed E-state index contributed by atoms with van der Waals surface area (Å²) in [4.78, 5) is 8.35. The van der Waals surface area contributed by atoms with Crippen LogP contribution in [0.1, 0.15) is 11.3 Å². The number of nitrogens with one attached hydrogen (secondary N) is 1. The first-order chi connectivity index (χ1) is 11.2. The number of rotatable bonds is 6. The van der Waals surface area contributed by atoms with E-state index >= 15 is 0 Å². The molecule has 0 bridgehead atoms. The van der Waals surface area contributed by atoms with E-state index in [0.717, 1.165) is 6.07 Å². The predicted octanol–water partition coefficient (Wildman–Crippen LogP) is 2.20. The second-order valence-electron chi connectivity index (χ2n) is 4.95. The average Bonchev–Trinajstić information content (AvgIpc) is 2.98. The summed E-state index contributed by atoms with van der Waals surface area (Å²) < 4.78 is 33.2. The number of hydrogen-bond donors (Lipinski definition) is 1. The number of hydrogen-bond acceptors (Lipinski definition) is 5. The van der Waals surface area contributed by atoms with Crippen molar-refractivity contribution in [2.45, 2.75) is 13.0 Å². The SMILES string of the molecule is COCc1cc(NCCc2ccc(F)cc2F)n2ncnc2n1. The van der Waals surface area contributed by atoms with E-state index < -0.39 is 11.6 Å². The lowest BCUT2D eigenvalue weighted by Crippen LogP contribution is -2.11. The Morgan fingerprint density at radius 3 is 2.91 bits per heavy atom. The summed E-state index contributed by atoms with van der Waals surface area (Å²) in [6.45, 7) is 0.804. The van der Waals surface area contributed by atoms with Gasteiger partial charge in [0.1, 0.15) is 23.8 Å². The highest BCUT2D eigenvalue weighted by Crippen LogP contribution is 2.13. The first kappa shape index (κ1) is 15.3. The Morgan fingerprint density at radius 1 is 1.26 bits per heavy atom. The second-order valence-corrected chi connectivity index (χ2v) is 4.95. The molecular weight excluding hydrogens is 304 g/mol. The molecule has 3 aromatic rings. The molecule has 6 nitrogen and oxygen atoms in total. The third-order valence-corrected chi connectivity index (χ3v) is 3.31. The summed E-state index contributed by atoms with van der Waals surface area (Å²) >= 11 is 0. The number of methoxy groups -OCH3 is 1. The highest BCUT2D eigenvalue weighted by atomic mass is 19.1. The van der Waals surface area contributed by atoms with Gasteiger partial charge < -0.3 is 10.1 Å². The fourth-order valence-corrected chi connectivity index (χ4v) is 2.26. The number of halogens is 2. The van der Waals surface area contributed by atoms with Crippen LogP contribution in [0, 0.1) is 11.6 Å². The number of nitrogens with zero attached hydrogens (tertiary/aromatic N) is 4. The van der Waals surface area contributed by atoms with Gasteiger partial charge in [0, 0.05) is 25.8 Å². The molecule has 23 heavy (non-hydrogen) atoms. The minimum absolute atomic E-state index is 0.352. The number of anilines is 1. The van der Waals surface area contributed by atoms with E-state index in [1.54, 1.807) is 17.7 Å². The summed E-state index contributed by atoms with van der Waals surface area (Å²) in [5.41, 5.74) is 1.16. The topological polar surface area (TPSA) is 64.3 Å². The lowest BCUT2D eigenvalue weighted by atomic mass is 10.1. The zero-order valence-electron chi connectivity index (χ0n) is 12.5. The van der Waals surface area contributed by atoms with Crippen molar-refractivity contribution in [3.63, 3.8) is 0 Å². The minimum Gasteiger partial charge on any atom is -0.378 e. The van der Waals surface area contributed by atoms with Gasteiger partial charge >= 0.3 is 0 Å². The van der Waals surface area contributed by atoms with Crippen molar-refractivity contribution in [1.82, 2.24) is 19.6 Å². The van der Waals surface area contributed by atoms with Crippen LogP contribution in [0.2, 0.25) is 0 Å². The van der Waals surface area contributed by atoms with Crippen LogP contribution in [-0.4, -0.2) is 33.2 Å². The van der Waals surface area contributed by atoms with Crippen molar-refractivity contribution in [2.75, 3.05) is 19.0 Å². The Morgan fingerprint density at radius 2 is 2.13 bits per heavy atom. The van der Waals surface area contributed by atoms with Gasteiger partial charge in [0.25, 0.3) is 5.78 Å². The van der Waals surface area contributed by atoms with Gasteiger partial charge in [0.15, 0.2) is 0 Å². The Balaban J connectivity index is 1.74. The van der Waals surface area contributed by atoms with Gasteiger partial charge in [-0.3, -0.25) is 0 Å². The molecule has 0 amide bonds. The van der Waals surface area contributed by atoms with E-state index in [-0.39, 0.29) is 0 Å². The molecule has 2 heterocycles. The van der Waals surface area contributed by atoms with E-state index in [0.29, 0.717) is 42.4 Å². The normalized spacial score (nSPS) is 11.1. The summed E-state index contributed by atoms with van der Waals surface area (Å²) in [7, 11) is 1.58. The van der Waals surface area contributed by atoms with E-state index in [1.165, 1.54) is 18.5 Å². The number of fused-ring (bicyclic) bond motifs is 1. The highest BCUT2D eigenvalue weighted by molar-refractivity contribution is 5.45. The van der Waals surface area contributed by atoms with E-state index in [2.05, 4.69) is 20.4 Å². The zero-order valence-corrected chi connectivity index (χ0v) is 12.5. The third kappa shape index (κ3) is 3.42. The third-order valence-electron chi connectivity index (χ3n) is 3.31. The van der Waals surface area contributed by atoms with Crippen molar-refractivity contribution in [1.29, 1.82) is 0 Å². The predicted molar refractivity (Wildman–Crippen MR) is 80.0 cm³/mol. The molecule has 8 heteroatoms. The molecule has 0 unspecified atom stereocenters. The second kappa shape index (κ2) is 6.66. The van der Waals surface area contributed by atoms with Crippen LogP contribution in [-0.2, 0) is 17.8 Å². The number of benzene rings is 1. The Kier molecular flexibility index (Phi) is 4.42. The van der Waals surface area contributed by atoms with Crippen molar-refractivity contribution >= 4 is 11.6 Å². The van der Waals surface area contributed by atoms with Gasteiger partial charge in [0.05, 0.1) is 12.3 Å². The molecule has 0 aliphatic carbocycles. The lowest BCUT2D eigenvalue weighted by Gasteiger charge is -2.10. The molecule has 0 spiro atoms. The molecule has 0 saturated carbocycles. The quantitative estimate of drug-likeness (QED) is 0.754. The maximum atomic E-state index is 13.6. The van der Waals surface area contributed by atoms with Crippen LogP contribution in [0.5, 0.6) is 0 Å². The Bertz CT molecular complexity index is 821. The average molecular weight is 319 g/mol. The Labute approximate surface area is 131 Å². The van der Waals surface area contributed by atoms with E-state index in [1.807, 2.05) is 0 Å². The molecule has 0 aliphatic heterocycles. The molecule has 0 radical (unpaired) electrons. The number of ether oxygens (including phenoxy) is 1. The summed E-state index contributed by atoms with van der Waals surface area (Å²) in [6.07, 6.45) is 1.81. The summed E-state index contributed by atoms with van der Waals surface area (Å²) in [5, 5.41) is 7.26. The number of aromatic nitrogens is 4. The van der Waals surface area contributed by atoms with Gasteiger partial charge in [-0.2, -0.15) is 14.6 Å². The monoisotopic (exact) mass is 319 g/mol. The maximum Gasteiger partial charge on any atom is 0.254 e. The maximum absolute atomic E-state index is 13.6. The fourth-order valence-electron chi connectivity index (χ4n) is 2.26. The molecule has 2 aromatic heterocycles. The van der Waals surface area contributed by atoms with Crippen LogP contribution >= 0.6 is 0 Å². The largest absolute Gasteiger partial charge is 0.378 e. The van der Waals surface area contributed by atoms with E-state index in [4.69, 9.17) is 4.74 Å². The van der Waals surface area contributed by atoms with Crippen LogP contribution in [0.25, 0.3) is 5.78 Å². The highest BCUT2D eigenvalue weighted by Gasteiger charge is 2.08. The summed E-state index contributed by atoms with van der Waals surface area (Å²) in [5.74, 6) is 0.00598. The molecule has 120 valence electrons. The summed E-state index contributed by atoms with van der Waals surface area (Å²) in [6, 6.07) is 5.37. The van der Waals surface area contributed by atoms with E-state index in [9.17, 15) is 8.78 Å². The molecule has 3 rings (SSSR count). The molecule has 0 fully saturated rings. The zero-order chi connectivity index (χ0) is 16.2. The fraction of sp³-hybridized carbons (Fsp3) is 0.267. The van der Waals surface area contributed by atoms with Crippen molar-refractivity contribution in [3.05, 3.63) is 53.5 Å². The van der Waals surface area contributed by atoms with Gasteiger partial charge in [-0.05, 0) is 18.1 Å². The standard InChI is InChI=1S/C15H15F2N5O/c1-23-8-12-7-14(22-15(21-12)19-9-20-22)18-5-4-10-2-3-11(16)6-13(10)17/h2-3,6-7,9,18H,4-5,8H2,1H3. The van der Waals surface area contributed by atoms with Gasteiger partial charge in [-0.1, -0.05) is 6.07 Å². The van der Waals surface area contributed by atoms with Crippen LogP contribution < -0.4 is 5.32 Å². The van der Waals surface area contributed by atoms with Crippen LogP contribution in [0.4, 0.5) is 14.6 Å². The smallest absolute Gasteiger partial charge is 0.254 e. The molecule has 0 atom stereocenters. The lowest BCUT2D eigenvalue weighted by molar-refractivity contribution is 0.181. The van der Waals surface area contributed by atoms with Crippen molar-refractivity contribution in [2.24, 2.45) is 0 Å². The van der Waals surface area contributed by atoms with Crippen LogP contribution in [0.15, 0.2) is 30.6 Å².